The molecule has 0 aromatic heterocycles. The van der Waals surface area contributed by atoms with Crippen LogP contribution in [-0.2, 0) is 35.2 Å². The van der Waals surface area contributed by atoms with Gasteiger partial charge in [0, 0.05) is 26.8 Å². The van der Waals surface area contributed by atoms with Crippen molar-refractivity contribution in [1.29, 1.82) is 0 Å². The highest BCUT2D eigenvalue weighted by Crippen LogP contribution is 2.37. The van der Waals surface area contributed by atoms with Crippen LogP contribution in [0.25, 0.3) is 0 Å². The number of carbonyl (C=O) groups is 3. The zero-order valence-electron chi connectivity index (χ0n) is 15.2. The van der Waals surface area contributed by atoms with Crippen LogP contribution in [0.1, 0.15) is 25.8 Å². The average Bonchev–Trinajstić information content (AvgIpc) is 3.02. The fraction of sp³-hybridized carbons (Fsp3) is 0.526. The molecule has 0 unspecified atom stereocenters. The number of benzene rings is 1. The van der Waals surface area contributed by atoms with Crippen molar-refractivity contribution < 1.29 is 28.6 Å². The van der Waals surface area contributed by atoms with Gasteiger partial charge in [-0.3, -0.25) is 14.4 Å². The number of fused-ring (bicyclic) bond motifs is 1. The molecule has 2 saturated heterocycles. The van der Waals surface area contributed by atoms with Crippen molar-refractivity contribution in [3.8, 4) is 0 Å². The van der Waals surface area contributed by atoms with Gasteiger partial charge in [-0.2, -0.15) is 0 Å². The fourth-order valence-corrected chi connectivity index (χ4v) is 4.38. The molecule has 2 aliphatic heterocycles. The summed E-state index contributed by atoms with van der Waals surface area (Å²) in [4.78, 5) is 36.8. The highest BCUT2D eigenvalue weighted by atomic mass is 79.9. The molecule has 0 aliphatic carbocycles. The number of hydrogen-bond donors (Lipinski definition) is 0. The van der Waals surface area contributed by atoms with Crippen LogP contribution in [0, 0.1) is 0 Å². The maximum absolute atomic E-state index is 12.7. The average molecular weight is 440 g/mol. The Hall–Kier alpha value is -1.93. The molecule has 0 N–H and O–H groups in total. The number of rotatable bonds is 5. The van der Waals surface area contributed by atoms with E-state index in [1.54, 1.807) is 4.90 Å². The Morgan fingerprint density at radius 3 is 2.41 bits per heavy atom. The summed E-state index contributed by atoms with van der Waals surface area (Å²) in [7, 11) is 0. The van der Waals surface area contributed by atoms with E-state index in [-0.39, 0.29) is 12.5 Å². The molecule has 2 heterocycles. The van der Waals surface area contributed by atoms with Gasteiger partial charge in [-0.25, -0.2) is 0 Å². The number of amides is 1. The molecule has 1 amide bonds. The second-order valence-corrected chi connectivity index (χ2v) is 7.68. The van der Waals surface area contributed by atoms with Gasteiger partial charge < -0.3 is 19.1 Å². The topological polar surface area (TPSA) is 82.1 Å². The lowest BCUT2D eigenvalue weighted by Gasteiger charge is -2.44. The molecule has 0 spiro atoms. The van der Waals surface area contributed by atoms with Gasteiger partial charge in [0.1, 0.15) is 17.0 Å². The number of halogens is 1. The van der Waals surface area contributed by atoms with Crippen molar-refractivity contribution in [3.63, 3.8) is 0 Å². The van der Waals surface area contributed by atoms with Crippen LogP contribution < -0.4 is 0 Å². The summed E-state index contributed by atoms with van der Waals surface area (Å²) in [5.74, 6) is -1.11. The first-order valence-corrected chi connectivity index (χ1v) is 9.74. The largest absolute Gasteiger partial charge is 0.460 e. The van der Waals surface area contributed by atoms with E-state index in [1.165, 1.54) is 13.8 Å². The van der Waals surface area contributed by atoms with Crippen LogP contribution in [0.3, 0.4) is 0 Å². The molecule has 3 rings (SSSR count). The summed E-state index contributed by atoms with van der Waals surface area (Å²) >= 11 is 3.37. The third kappa shape index (κ3) is 4.32. The van der Waals surface area contributed by atoms with Crippen LogP contribution in [0.4, 0.5) is 0 Å². The van der Waals surface area contributed by atoms with Gasteiger partial charge in [0.05, 0.1) is 12.6 Å². The summed E-state index contributed by atoms with van der Waals surface area (Å²) in [5, 5.41) is 0. The van der Waals surface area contributed by atoms with Crippen molar-refractivity contribution in [2.75, 3.05) is 6.54 Å². The Bertz CT molecular complexity index is 711. The molecule has 2 fully saturated rings. The van der Waals surface area contributed by atoms with Crippen molar-refractivity contribution in [3.05, 3.63) is 35.9 Å². The van der Waals surface area contributed by atoms with Crippen LogP contribution in [0.2, 0.25) is 0 Å². The minimum atomic E-state index is -0.809. The summed E-state index contributed by atoms with van der Waals surface area (Å²) in [6.07, 6.45) is -1.40. The molecular formula is C19H22BrNO6. The van der Waals surface area contributed by atoms with Crippen molar-refractivity contribution in [2.45, 2.75) is 56.1 Å². The van der Waals surface area contributed by atoms with E-state index in [4.69, 9.17) is 14.2 Å². The SMILES string of the molecule is CC(=O)O[C@H]1[C@H](OCc2ccccc2)[C@H]2[C@@H](OC(C)=O)CCN2C(=O)[C@@H]1Br. The second kappa shape index (κ2) is 8.39. The van der Waals surface area contributed by atoms with E-state index in [0.29, 0.717) is 13.0 Å². The minimum absolute atomic E-state index is 0.194. The van der Waals surface area contributed by atoms with E-state index in [9.17, 15) is 14.4 Å². The predicted molar refractivity (Wildman–Crippen MR) is 99.0 cm³/mol. The molecule has 1 aromatic carbocycles. The molecular weight excluding hydrogens is 418 g/mol. The first-order chi connectivity index (χ1) is 12.9. The maximum Gasteiger partial charge on any atom is 0.303 e. The summed E-state index contributed by atoms with van der Waals surface area (Å²) in [6.45, 7) is 3.38. The van der Waals surface area contributed by atoms with Gasteiger partial charge in [-0.05, 0) is 5.56 Å². The van der Waals surface area contributed by atoms with Gasteiger partial charge >= 0.3 is 11.9 Å². The van der Waals surface area contributed by atoms with E-state index in [0.717, 1.165) is 5.56 Å². The molecule has 1 aromatic rings. The minimum Gasteiger partial charge on any atom is -0.460 e. The lowest BCUT2D eigenvalue weighted by atomic mass is 9.93. The number of piperidine rings is 1. The van der Waals surface area contributed by atoms with Gasteiger partial charge in [-0.15, -0.1) is 0 Å². The third-order valence-electron chi connectivity index (χ3n) is 4.77. The van der Waals surface area contributed by atoms with E-state index in [1.807, 2.05) is 30.3 Å². The first kappa shape index (κ1) is 19.8. The fourth-order valence-electron chi connectivity index (χ4n) is 3.71. The number of esters is 2. The predicted octanol–water partition coefficient (Wildman–Crippen LogP) is 1.81. The Morgan fingerprint density at radius 1 is 1.11 bits per heavy atom. The summed E-state index contributed by atoms with van der Waals surface area (Å²) in [5.41, 5.74) is 0.954. The molecule has 0 saturated carbocycles. The van der Waals surface area contributed by atoms with Crippen LogP contribution >= 0.6 is 15.9 Å². The third-order valence-corrected chi connectivity index (χ3v) is 5.68. The highest BCUT2D eigenvalue weighted by molar-refractivity contribution is 9.10. The number of ether oxygens (including phenoxy) is 3. The Balaban J connectivity index is 1.88. The molecule has 7 nitrogen and oxygen atoms in total. The smallest absolute Gasteiger partial charge is 0.303 e. The lowest BCUT2D eigenvalue weighted by Crippen LogP contribution is -2.64. The number of hydrogen-bond acceptors (Lipinski definition) is 6. The van der Waals surface area contributed by atoms with E-state index in [2.05, 4.69) is 15.9 Å². The molecule has 0 bridgehead atoms. The zero-order chi connectivity index (χ0) is 19.6. The maximum atomic E-state index is 12.7. The Morgan fingerprint density at radius 2 is 1.78 bits per heavy atom. The molecule has 8 heteroatoms. The number of alkyl halides is 1. The number of nitrogens with zero attached hydrogens (tertiary/aromatic N) is 1. The van der Waals surface area contributed by atoms with Crippen molar-refractivity contribution in [1.82, 2.24) is 4.90 Å². The quantitative estimate of drug-likeness (QED) is 0.513. The van der Waals surface area contributed by atoms with Crippen LogP contribution in [0.5, 0.6) is 0 Å². The van der Waals surface area contributed by atoms with E-state index >= 15 is 0 Å². The molecule has 146 valence electrons. The molecule has 0 radical (unpaired) electrons. The standard InChI is InChI=1S/C19H22BrNO6/c1-11(22)26-14-8-9-21-16(14)18(25-10-13-6-4-3-5-7-13)17(27-12(2)23)15(20)19(21)24/h3-7,14-18H,8-10H2,1-2H3/t14-,15+,16+,17+,18+/m0/s1. The van der Waals surface area contributed by atoms with Crippen molar-refractivity contribution >= 4 is 33.8 Å². The summed E-state index contributed by atoms with van der Waals surface area (Å²) in [6, 6.07) is 9.08. The van der Waals surface area contributed by atoms with Gasteiger partial charge in [0.15, 0.2) is 6.10 Å². The Kier molecular flexibility index (Phi) is 6.16. The van der Waals surface area contributed by atoms with E-state index < -0.39 is 41.1 Å². The second-order valence-electron chi connectivity index (χ2n) is 6.70. The highest BCUT2D eigenvalue weighted by Gasteiger charge is 2.56. The zero-order valence-corrected chi connectivity index (χ0v) is 16.8. The number of carbonyl (C=O) groups excluding carboxylic acids is 3. The van der Waals surface area contributed by atoms with Crippen LogP contribution in [0.15, 0.2) is 30.3 Å². The normalized spacial score (nSPS) is 30.0. The first-order valence-electron chi connectivity index (χ1n) is 8.83. The monoisotopic (exact) mass is 439 g/mol. The van der Waals surface area contributed by atoms with Gasteiger partial charge in [-0.1, -0.05) is 46.3 Å². The van der Waals surface area contributed by atoms with Gasteiger partial charge in [0.2, 0.25) is 5.91 Å². The Labute approximate surface area is 166 Å². The molecule has 27 heavy (non-hydrogen) atoms. The van der Waals surface area contributed by atoms with Crippen LogP contribution in [-0.4, -0.2) is 58.5 Å². The molecule has 5 atom stereocenters. The lowest BCUT2D eigenvalue weighted by molar-refractivity contribution is -0.181. The molecule has 2 aliphatic rings. The summed E-state index contributed by atoms with van der Waals surface area (Å²) < 4.78 is 17.0. The van der Waals surface area contributed by atoms with Crippen molar-refractivity contribution in [2.24, 2.45) is 0 Å². The van der Waals surface area contributed by atoms with Gasteiger partial charge in [0.25, 0.3) is 0 Å².